The number of hydrogen-bond donors (Lipinski definition) is 1. The van der Waals surface area contributed by atoms with E-state index < -0.39 is 17.8 Å². The van der Waals surface area contributed by atoms with Crippen molar-refractivity contribution in [2.75, 3.05) is 0 Å². The van der Waals surface area contributed by atoms with Crippen molar-refractivity contribution in [2.24, 2.45) is 0 Å². The Morgan fingerprint density at radius 3 is 2.88 bits per heavy atom. The van der Waals surface area contributed by atoms with E-state index in [1.807, 2.05) is 6.07 Å². The van der Waals surface area contributed by atoms with E-state index >= 15 is 0 Å². The lowest BCUT2D eigenvalue weighted by Crippen LogP contribution is -2.33. The molecule has 1 atom stereocenters. The topological polar surface area (TPSA) is 52.9 Å². The molecular weight excluding hydrogens is 207 g/mol. The molecular formula is C12H13FN2O. The Morgan fingerprint density at radius 1 is 1.62 bits per heavy atom. The van der Waals surface area contributed by atoms with E-state index in [1.54, 1.807) is 13.8 Å². The molecule has 0 radical (unpaired) electrons. The van der Waals surface area contributed by atoms with E-state index in [0.29, 0.717) is 12.0 Å². The molecule has 1 aromatic rings. The first-order valence-corrected chi connectivity index (χ1v) is 5.05. The number of hydrogen-bond acceptors (Lipinski definition) is 2. The highest BCUT2D eigenvalue weighted by Crippen LogP contribution is 2.10. The smallest absolute Gasteiger partial charge is 0.252 e. The fourth-order valence-corrected chi connectivity index (χ4v) is 1.30. The Hall–Kier alpha value is -1.89. The third kappa shape index (κ3) is 2.80. The largest absolute Gasteiger partial charge is 0.336 e. The van der Waals surface area contributed by atoms with Crippen molar-refractivity contribution < 1.29 is 9.18 Å². The number of nitriles is 1. The van der Waals surface area contributed by atoms with Gasteiger partial charge in [-0.3, -0.25) is 4.79 Å². The fraction of sp³-hybridized carbons (Fsp3) is 0.333. The summed E-state index contributed by atoms with van der Waals surface area (Å²) < 4.78 is 13.0. The molecule has 3 nitrogen and oxygen atoms in total. The molecule has 0 aliphatic rings. The quantitative estimate of drug-likeness (QED) is 0.848. The minimum absolute atomic E-state index is 0.272. The molecule has 0 aliphatic heterocycles. The van der Waals surface area contributed by atoms with Gasteiger partial charge in [-0.2, -0.15) is 5.26 Å². The minimum Gasteiger partial charge on any atom is -0.336 e. The molecule has 1 rings (SSSR count). The monoisotopic (exact) mass is 220 g/mol. The number of halogens is 1. The summed E-state index contributed by atoms with van der Waals surface area (Å²) >= 11 is 0. The van der Waals surface area contributed by atoms with Crippen LogP contribution in [0.15, 0.2) is 18.2 Å². The highest BCUT2D eigenvalue weighted by Gasteiger charge is 2.13. The summed E-state index contributed by atoms with van der Waals surface area (Å²) in [7, 11) is 0. The lowest BCUT2D eigenvalue weighted by molar-refractivity contribution is 0.0943. The number of nitrogens with one attached hydrogen (secondary N) is 1. The van der Waals surface area contributed by atoms with Crippen LogP contribution in [0.2, 0.25) is 0 Å². The fourth-order valence-electron chi connectivity index (χ4n) is 1.30. The van der Waals surface area contributed by atoms with Gasteiger partial charge in [0.15, 0.2) is 0 Å². The normalized spacial score (nSPS) is 11.6. The number of amides is 1. The van der Waals surface area contributed by atoms with Crippen LogP contribution in [-0.4, -0.2) is 11.9 Å². The predicted octanol–water partition coefficient (Wildman–Crippen LogP) is 2.17. The van der Waals surface area contributed by atoms with Gasteiger partial charge in [-0.25, -0.2) is 4.39 Å². The molecule has 4 heteroatoms. The van der Waals surface area contributed by atoms with E-state index in [2.05, 4.69) is 5.32 Å². The Labute approximate surface area is 93.9 Å². The molecule has 84 valence electrons. The van der Waals surface area contributed by atoms with Crippen molar-refractivity contribution in [3.8, 4) is 6.07 Å². The lowest BCUT2D eigenvalue weighted by Gasteiger charge is -2.10. The SMILES string of the molecule is CCC(C#N)NC(=O)c1cc(F)ccc1C. The Kier molecular flexibility index (Phi) is 4.01. The number of carbonyl (C=O) groups excluding carboxylic acids is 1. The van der Waals surface area contributed by atoms with Crippen LogP contribution in [0.5, 0.6) is 0 Å². The maximum atomic E-state index is 13.0. The van der Waals surface area contributed by atoms with Gasteiger partial charge in [-0.1, -0.05) is 13.0 Å². The first-order chi connectivity index (χ1) is 7.58. The van der Waals surface area contributed by atoms with Crippen LogP contribution in [0, 0.1) is 24.1 Å². The van der Waals surface area contributed by atoms with Crippen LogP contribution in [0.1, 0.15) is 29.3 Å². The Balaban J connectivity index is 2.89. The molecule has 0 aromatic heterocycles. The van der Waals surface area contributed by atoms with Gasteiger partial charge in [0, 0.05) is 5.56 Å². The summed E-state index contributed by atoms with van der Waals surface area (Å²) in [5.74, 6) is -0.869. The summed E-state index contributed by atoms with van der Waals surface area (Å²) in [5.41, 5.74) is 0.959. The van der Waals surface area contributed by atoms with Gasteiger partial charge in [0.25, 0.3) is 5.91 Å². The standard InChI is InChI=1S/C12H13FN2O/c1-3-10(7-14)15-12(16)11-6-9(13)5-4-8(11)2/h4-6,10H,3H2,1-2H3,(H,15,16). The van der Waals surface area contributed by atoms with Crippen molar-refractivity contribution in [2.45, 2.75) is 26.3 Å². The summed E-state index contributed by atoms with van der Waals surface area (Å²) in [4.78, 5) is 11.7. The van der Waals surface area contributed by atoms with Crippen molar-refractivity contribution in [1.82, 2.24) is 5.32 Å². The van der Waals surface area contributed by atoms with Gasteiger partial charge in [0.2, 0.25) is 0 Å². The number of rotatable bonds is 3. The zero-order chi connectivity index (χ0) is 12.1. The number of benzene rings is 1. The van der Waals surface area contributed by atoms with Crippen LogP contribution in [0.25, 0.3) is 0 Å². The van der Waals surface area contributed by atoms with Gasteiger partial charge in [0.1, 0.15) is 11.9 Å². The molecule has 0 saturated heterocycles. The molecule has 1 amide bonds. The van der Waals surface area contributed by atoms with E-state index in [4.69, 9.17) is 5.26 Å². The molecule has 0 heterocycles. The number of aryl methyl sites for hydroxylation is 1. The summed E-state index contributed by atoms with van der Waals surface area (Å²) in [5, 5.41) is 11.2. The van der Waals surface area contributed by atoms with Crippen molar-refractivity contribution >= 4 is 5.91 Å². The highest BCUT2D eigenvalue weighted by molar-refractivity contribution is 5.95. The van der Waals surface area contributed by atoms with Crippen molar-refractivity contribution in [1.29, 1.82) is 5.26 Å². The molecule has 0 aliphatic carbocycles. The highest BCUT2D eigenvalue weighted by atomic mass is 19.1. The Morgan fingerprint density at radius 2 is 2.31 bits per heavy atom. The predicted molar refractivity (Wildman–Crippen MR) is 58.3 cm³/mol. The summed E-state index contributed by atoms with van der Waals surface area (Å²) in [6, 6.07) is 5.44. The van der Waals surface area contributed by atoms with Gasteiger partial charge in [-0.15, -0.1) is 0 Å². The van der Waals surface area contributed by atoms with Crippen molar-refractivity contribution in [3.05, 3.63) is 35.1 Å². The van der Waals surface area contributed by atoms with E-state index in [-0.39, 0.29) is 5.56 Å². The Bertz CT molecular complexity index is 437. The first-order valence-electron chi connectivity index (χ1n) is 5.05. The van der Waals surface area contributed by atoms with Gasteiger partial charge in [-0.05, 0) is 31.0 Å². The van der Waals surface area contributed by atoms with Gasteiger partial charge >= 0.3 is 0 Å². The third-order valence-electron chi connectivity index (χ3n) is 2.31. The van der Waals surface area contributed by atoms with E-state index in [9.17, 15) is 9.18 Å². The van der Waals surface area contributed by atoms with Crippen LogP contribution in [-0.2, 0) is 0 Å². The summed E-state index contributed by atoms with van der Waals surface area (Å²) in [6.45, 7) is 3.52. The molecule has 1 N–H and O–H groups in total. The maximum Gasteiger partial charge on any atom is 0.252 e. The second-order valence-corrected chi connectivity index (χ2v) is 3.52. The minimum atomic E-state index is -0.532. The molecule has 0 bridgehead atoms. The van der Waals surface area contributed by atoms with Crippen LogP contribution >= 0.6 is 0 Å². The van der Waals surface area contributed by atoms with E-state index in [1.165, 1.54) is 18.2 Å². The molecule has 0 fully saturated rings. The first kappa shape index (κ1) is 12.2. The van der Waals surface area contributed by atoms with Crippen molar-refractivity contribution in [3.63, 3.8) is 0 Å². The zero-order valence-electron chi connectivity index (χ0n) is 9.25. The average Bonchev–Trinajstić information content (AvgIpc) is 2.28. The number of carbonyl (C=O) groups is 1. The second kappa shape index (κ2) is 5.26. The average molecular weight is 220 g/mol. The second-order valence-electron chi connectivity index (χ2n) is 3.52. The van der Waals surface area contributed by atoms with E-state index in [0.717, 1.165) is 0 Å². The molecule has 1 unspecified atom stereocenters. The molecule has 0 saturated carbocycles. The van der Waals surface area contributed by atoms with Gasteiger partial charge < -0.3 is 5.32 Å². The maximum absolute atomic E-state index is 13.0. The third-order valence-corrected chi connectivity index (χ3v) is 2.31. The van der Waals surface area contributed by atoms with Crippen LogP contribution in [0.3, 0.4) is 0 Å². The van der Waals surface area contributed by atoms with Crippen LogP contribution < -0.4 is 5.32 Å². The van der Waals surface area contributed by atoms with Crippen LogP contribution in [0.4, 0.5) is 4.39 Å². The summed E-state index contributed by atoms with van der Waals surface area (Å²) in [6.07, 6.45) is 0.524. The molecule has 16 heavy (non-hydrogen) atoms. The zero-order valence-corrected chi connectivity index (χ0v) is 9.25. The molecule has 1 aromatic carbocycles. The molecule has 0 spiro atoms. The number of nitrogens with zero attached hydrogens (tertiary/aromatic N) is 1. The lowest BCUT2D eigenvalue weighted by atomic mass is 10.1. The van der Waals surface area contributed by atoms with Gasteiger partial charge in [0.05, 0.1) is 6.07 Å².